The Bertz CT molecular complexity index is 689. The molecule has 0 unspecified atom stereocenters. The summed E-state index contributed by atoms with van der Waals surface area (Å²) < 4.78 is 26.0. The number of carbonyl (C=O) groups is 1. The van der Waals surface area contributed by atoms with Gasteiger partial charge in [0.25, 0.3) is 12.3 Å². The van der Waals surface area contributed by atoms with Crippen LogP contribution in [0.3, 0.4) is 0 Å². The summed E-state index contributed by atoms with van der Waals surface area (Å²) in [6.07, 6.45) is 4.87. The Hall–Kier alpha value is -0.990. The van der Waals surface area contributed by atoms with Gasteiger partial charge in [-0.05, 0) is 49.3 Å². The van der Waals surface area contributed by atoms with Crippen molar-refractivity contribution in [1.82, 2.24) is 4.98 Å². The second kappa shape index (κ2) is 7.27. The lowest BCUT2D eigenvalue weighted by Crippen LogP contribution is -2.13. The molecule has 1 amide bonds. The van der Waals surface area contributed by atoms with Gasteiger partial charge in [0.1, 0.15) is 10.6 Å². The van der Waals surface area contributed by atoms with Gasteiger partial charge in [-0.15, -0.1) is 22.7 Å². The predicted molar refractivity (Wildman–Crippen MR) is 98.0 cm³/mol. The third-order valence-corrected chi connectivity index (χ3v) is 6.50. The first-order valence-corrected chi connectivity index (χ1v) is 11.7. The fourth-order valence-electron chi connectivity index (χ4n) is 1.98. The molecule has 1 N–H and O–H groups in total. The zero-order valence-electron chi connectivity index (χ0n) is 13.5. The van der Waals surface area contributed by atoms with Crippen molar-refractivity contribution in [1.29, 1.82) is 0 Å². The van der Waals surface area contributed by atoms with Crippen molar-refractivity contribution in [3.8, 4) is 0 Å². The molecule has 3 nitrogen and oxygen atoms in total. The van der Waals surface area contributed by atoms with E-state index in [1.807, 2.05) is 11.4 Å². The maximum atomic E-state index is 13.0. The van der Waals surface area contributed by atoms with E-state index in [9.17, 15) is 13.6 Å². The number of nitrogens with one attached hydrogen (secondary N) is 1. The van der Waals surface area contributed by atoms with Gasteiger partial charge in [-0.2, -0.15) is 0 Å². The number of hydrogen-bond acceptors (Lipinski definition) is 4. The van der Waals surface area contributed by atoms with Crippen molar-refractivity contribution in [2.75, 3.05) is 29.8 Å². The first kappa shape index (κ1) is 18.4. The van der Waals surface area contributed by atoms with E-state index in [2.05, 4.69) is 29.1 Å². The molecule has 8 heteroatoms. The van der Waals surface area contributed by atoms with Crippen LogP contribution in [0.15, 0.2) is 11.4 Å². The van der Waals surface area contributed by atoms with E-state index in [1.54, 1.807) is 18.3 Å². The van der Waals surface area contributed by atoms with Crippen LogP contribution in [-0.2, 0) is 6.42 Å². The predicted octanol–water partition coefficient (Wildman–Crippen LogP) is 4.94. The molecule has 2 heterocycles. The van der Waals surface area contributed by atoms with Crippen LogP contribution in [0.25, 0.3) is 0 Å². The van der Waals surface area contributed by atoms with Crippen molar-refractivity contribution in [2.45, 2.75) is 19.8 Å². The molecule has 2 rings (SSSR count). The molecule has 0 fully saturated rings. The van der Waals surface area contributed by atoms with Crippen molar-refractivity contribution in [3.63, 3.8) is 0 Å². The van der Waals surface area contributed by atoms with Crippen LogP contribution in [0.4, 0.5) is 14.5 Å². The summed E-state index contributed by atoms with van der Waals surface area (Å²) in [6.45, 7) is 1.62. The van der Waals surface area contributed by atoms with Crippen LogP contribution in [-0.4, -0.2) is 35.4 Å². The number of hydrogen-bond donors (Lipinski definition) is 1. The van der Waals surface area contributed by atoms with E-state index < -0.39 is 28.1 Å². The van der Waals surface area contributed by atoms with Gasteiger partial charge in [-0.3, -0.25) is 4.79 Å². The molecule has 2 aromatic heterocycles. The van der Waals surface area contributed by atoms with Gasteiger partial charge in [0.2, 0.25) is 0 Å². The van der Waals surface area contributed by atoms with E-state index in [0.717, 1.165) is 34.1 Å². The Labute approximate surface area is 144 Å². The summed E-state index contributed by atoms with van der Waals surface area (Å²) >= 11 is 2.58. The molecule has 0 bridgehead atoms. The molecule has 0 aromatic carbocycles. The average molecular weight is 379 g/mol. The summed E-state index contributed by atoms with van der Waals surface area (Å²) in [5, 5.41) is 5.15. The molecule has 0 aliphatic heterocycles. The standard InChI is InChI=1S/C15H20F2N2OS3/c1-9-18-12(14(16)17)13(22-9)15(20)19-10-5-7-21-11(10)6-8-23(2,3)4/h5,7,14H,6,8H2,1-4H3,(H,19,20). The average Bonchev–Trinajstić information content (AvgIpc) is 3.02. The van der Waals surface area contributed by atoms with E-state index in [4.69, 9.17) is 0 Å². The molecule has 0 aliphatic rings. The van der Waals surface area contributed by atoms with Crippen LogP contribution in [0.2, 0.25) is 0 Å². The third-order valence-electron chi connectivity index (χ3n) is 3.11. The van der Waals surface area contributed by atoms with Gasteiger partial charge in [0, 0.05) is 4.88 Å². The van der Waals surface area contributed by atoms with Crippen molar-refractivity contribution in [2.24, 2.45) is 0 Å². The third kappa shape index (κ3) is 4.99. The Morgan fingerprint density at radius 2 is 2.09 bits per heavy atom. The number of alkyl halides is 2. The van der Waals surface area contributed by atoms with Gasteiger partial charge in [0.05, 0.1) is 10.7 Å². The second-order valence-electron chi connectivity index (χ2n) is 6.00. The lowest BCUT2D eigenvalue weighted by molar-refractivity contribution is 0.101. The first-order valence-electron chi connectivity index (χ1n) is 6.96. The molecule has 0 saturated carbocycles. The van der Waals surface area contributed by atoms with Crippen LogP contribution in [0.5, 0.6) is 0 Å². The number of nitrogens with zero attached hydrogens (tertiary/aromatic N) is 1. The monoisotopic (exact) mass is 378 g/mol. The number of anilines is 1. The summed E-state index contributed by atoms with van der Waals surface area (Å²) in [6, 6.07) is 1.83. The van der Waals surface area contributed by atoms with E-state index in [-0.39, 0.29) is 4.88 Å². The maximum Gasteiger partial charge on any atom is 0.282 e. The Kier molecular flexibility index (Phi) is 5.80. The summed E-state index contributed by atoms with van der Waals surface area (Å²) in [7, 11) is -0.625. The number of thiophene rings is 1. The van der Waals surface area contributed by atoms with Crippen molar-refractivity contribution < 1.29 is 13.6 Å². The number of halogens is 2. The molecule has 128 valence electrons. The number of rotatable bonds is 6. The number of carbonyl (C=O) groups excluding carboxylic acids is 1. The highest BCUT2D eigenvalue weighted by Gasteiger charge is 2.24. The van der Waals surface area contributed by atoms with E-state index in [1.165, 1.54) is 0 Å². The van der Waals surface area contributed by atoms with E-state index >= 15 is 0 Å². The highest BCUT2D eigenvalue weighted by molar-refractivity contribution is 8.32. The molecule has 0 aliphatic carbocycles. The minimum Gasteiger partial charge on any atom is -0.320 e. The minimum atomic E-state index is -2.74. The van der Waals surface area contributed by atoms with Crippen LogP contribution < -0.4 is 5.32 Å². The largest absolute Gasteiger partial charge is 0.320 e. The zero-order chi connectivity index (χ0) is 17.2. The quantitative estimate of drug-likeness (QED) is 0.774. The number of thiazole rings is 1. The molecule has 0 radical (unpaired) electrons. The number of amides is 1. The first-order chi connectivity index (χ1) is 10.7. The van der Waals surface area contributed by atoms with Gasteiger partial charge in [-0.25, -0.2) is 23.8 Å². The van der Waals surface area contributed by atoms with Gasteiger partial charge >= 0.3 is 0 Å². The summed E-state index contributed by atoms with van der Waals surface area (Å²) in [5.74, 6) is 0.562. The lowest BCUT2D eigenvalue weighted by atomic mass is 10.3. The highest BCUT2D eigenvalue weighted by Crippen LogP contribution is 2.37. The maximum absolute atomic E-state index is 13.0. The molecule has 0 spiro atoms. The van der Waals surface area contributed by atoms with E-state index in [0.29, 0.717) is 5.01 Å². The molecule has 2 aromatic rings. The second-order valence-corrected chi connectivity index (χ2v) is 12.8. The smallest absolute Gasteiger partial charge is 0.282 e. The molecule has 0 saturated heterocycles. The number of aromatic nitrogens is 1. The Morgan fingerprint density at radius 1 is 1.39 bits per heavy atom. The SMILES string of the molecule is Cc1nc(C(F)F)c(C(=O)Nc2ccsc2CCS(C)(C)C)s1. The van der Waals surface area contributed by atoms with Gasteiger partial charge in [-0.1, -0.05) is 0 Å². The van der Waals surface area contributed by atoms with Crippen molar-refractivity contribution in [3.05, 3.63) is 31.9 Å². The lowest BCUT2D eigenvalue weighted by Gasteiger charge is -2.24. The summed E-state index contributed by atoms with van der Waals surface area (Å²) in [4.78, 5) is 17.2. The Balaban J connectivity index is 2.14. The highest BCUT2D eigenvalue weighted by atomic mass is 32.3. The Morgan fingerprint density at radius 3 is 2.70 bits per heavy atom. The summed E-state index contributed by atoms with van der Waals surface area (Å²) in [5.41, 5.74) is 0.288. The fraction of sp³-hybridized carbons (Fsp3) is 0.467. The molecule has 0 atom stereocenters. The molecular formula is C15H20F2N2OS3. The minimum absolute atomic E-state index is 0.00361. The fourth-order valence-corrected chi connectivity index (χ4v) is 4.58. The zero-order valence-corrected chi connectivity index (χ0v) is 15.9. The molecule has 23 heavy (non-hydrogen) atoms. The van der Waals surface area contributed by atoms with Crippen LogP contribution in [0.1, 0.15) is 31.7 Å². The normalized spacial score (nSPS) is 12.7. The van der Waals surface area contributed by atoms with Gasteiger partial charge < -0.3 is 5.32 Å². The van der Waals surface area contributed by atoms with Gasteiger partial charge in [0.15, 0.2) is 0 Å². The topological polar surface area (TPSA) is 42.0 Å². The van der Waals surface area contributed by atoms with Crippen LogP contribution >= 0.6 is 32.7 Å². The number of aryl methyl sites for hydroxylation is 2. The van der Waals surface area contributed by atoms with Crippen molar-refractivity contribution >= 4 is 44.3 Å². The van der Waals surface area contributed by atoms with Crippen LogP contribution in [0, 0.1) is 6.92 Å². The molecular weight excluding hydrogens is 358 g/mol.